The quantitative estimate of drug-likeness (QED) is 0.223. The first-order valence-corrected chi connectivity index (χ1v) is 9.00. The SMILES string of the molecule is CCCCCCCCC/C=C\C=C\C=CC=CC=CC=CC(=O)O. The lowest BCUT2D eigenvalue weighted by molar-refractivity contribution is -0.131. The van der Waals surface area contributed by atoms with Crippen molar-refractivity contribution in [3.05, 3.63) is 72.9 Å². The topological polar surface area (TPSA) is 37.3 Å². The standard InChI is InChI=1S/C22H32O2/c1-2-3-4-5-6-7-8-9-10-11-12-13-14-15-16-17-18-19-20-21-22(23)24/h10-21H,2-9H2,1H3,(H,23,24)/b11-10-,13-12+,15-14?,17-16?,19-18?,21-20?. The van der Waals surface area contributed by atoms with Crippen molar-refractivity contribution in [1.82, 2.24) is 0 Å². The molecule has 0 atom stereocenters. The highest BCUT2D eigenvalue weighted by Crippen LogP contribution is 2.08. The Labute approximate surface area is 147 Å². The van der Waals surface area contributed by atoms with Crippen LogP contribution < -0.4 is 0 Å². The average molecular weight is 328 g/mol. The molecule has 0 aliphatic carbocycles. The molecule has 0 bridgehead atoms. The van der Waals surface area contributed by atoms with Crippen LogP contribution in [0.1, 0.15) is 58.3 Å². The maximum Gasteiger partial charge on any atom is 0.328 e. The molecule has 0 spiro atoms. The number of hydrogen-bond acceptors (Lipinski definition) is 1. The minimum Gasteiger partial charge on any atom is -0.478 e. The fraction of sp³-hybridized carbons (Fsp3) is 0.409. The smallest absolute Gasteiger partial charge is 0.328 e. The van der Waals surface area contributed by atoms with Gasteiger partial charge in [0.2, 0.25) is 0 Å². The van der Waals surface area contributed by atoms with Crippen LogP contribution in [-0.2, 0) is 4.79 Å². The minimum absolute atomic E-state index is 0.936. The van der Waals surface area contributed by atoms with Gasteiger partial charge in [-0.25, -0.2) is 4.79 Å². The van der Waals surface area contributed by atoms with Gasteiger partial charge < -0.3 is 5.11 Å². The van der Waals surface area contributed by atoms with E-state index in [1.807, 2.05) is 36.5 Å². The molecule has 0 saturated carbocycles. The van der Waals surface area contributed by atoms with Gasteiger partial charge in [0, 0.05) is 6.08 Å². The molecule has 2 heteroatoms. The maximum atomic E-state index is 10.2. The number of hydrogen-bond donors (Lipinski definition) is 1. The van der Waals surface area contributed by atoms with E-state index in [1.165, 1.54) is 51.0 Å². The fourth-order valence-corrected chi connectivity index (χ4v) is 2.05. The molecular weight excluding hydrogens is 296 g/mol. The zero-order valence-electron chi connectivity index (χ0n) is 14.9. The van der Waals surface area contributed by atoms with Gasteiger partial charge in [0.25, 0.3) is 0 Å². The van der Waals surface area contributed by atoms with Gasteiger partial charge in [0.1, 0.15) is 0 Å². The zero-order chi connectivity index (χ0) is 17.7. The van der Waals surface area contributed by atoms with Crippen LogP contribution in [0, 0.1) is 0 Å². The zero-order valence-corrected chi connectivity index (χ0v) is 14.9. The first-order valence-electron chi connectivity index (χ1n) is 9.00. The summed E-state index contributed by atoms with van der Waals surface area (Å²) >= 11 is 0. The van der Waals surface area contributed by atoms with Gasteiger partial charge >= 0.3 is 5.97 Å². The van der Waals surface area contributed by atoms with Gasteiger partial charge in [-0.1, -0.05) is 112 Å². The minimum atomic E-state index is -0.936. The Kier molecular flexibility index (Phi) is 17.3. The number of carboxylic acid groups (broad SMARTS) is 1. The molecule has 1 N–H and O–H groups in total. The normalized spacial score (nSPS) is 13.0. The van der Waals surface area contributed by atoms with Gasteiger partial charge in [0.05, 0.1) is 0 Å². The van der Waals surface area contributed by atoms with E-state index in [0.29, 0.717) is 0 Å². The number of allylic oxidation sites excluding steroid dienone is 11. The van der Waals surface area contributed by atoms with Crippen molar-refractivity contribution in [3.8, 4) is 0 Å². The lowest BCUT2D eigenvalue weighted by atomic mass is 10.1. The van der Waals surface area contributed by atoms with Crippen LogP contribution in [0.2, 0.25) is 0 Å². The maximum absolute atomic E-state index is 10.2. The second kappa shape index (κ2) is 19.0. The Morgan fingerprint density at radius 2 is 1.12 bits per heavy atom. The monoisotopic (exact) mass is 328 g/mol. The molecule has 0 rings (SSSR count). The Balaban J connectivity index is 3.57. The van der Waals surface area contributed by atoms with Crippen molar-refractivity contribution in [2.45, 2.75) is 58.3 Å². The molecule has 0 aromatic heterocycles. The Morgan fingerprint density at radius 3 is 1.67 bits per heavy atom. The van der Waals surface area contributed by atoms with Crippen LogP contribution in [0.25, 0.3) is 0 Å². The molecule has 0 heterocycles. The summed E-state index contributed by atoms with van der Waals surface area (Å²) in [5, 5.41) is 8.39. The van der Waals surface area contributed by atoms with Crippen molar-refractivity contribution in [3.63, 3.8) is 0 Å². The van der Waals surface area contributed by atoms with Crippen molar-refractivity contribution in [2.75, 3.05) is 0 Å². The summed E-state index contributed by atoms with van der Waals surface area (Å²) in [6.07, 6.45) is 32.7. The molecular formula is C22H32O2. The molecule has 2 nitrogen and oxygen atoms in total. The van der Waals surface area contributed by atoms with Crippen LogP contribution in [-0.4, -0.2) is 11.1 Å². The molecule has 132 valence electrons. The van der Waals surface area contributed by atoms with Gasteiger partial charge in [0.15, 0.2) is 0 Å². The van der Waals surface area contributed by atoms with Crippen LogP contribution in [0.4, 0.5) is 0 Å². The van der Waals surface area contributed by atoms with Crippen LogP contribution >= 0.6 is 0 Å². The molecule has 0 aliphatic rings. The summed E-state index contributed by atoms with van der Waals surface area (Å²) in [6.45, 7) is 2.25. The molecule has 0 radical (unpaired) electrons. The first-order chi connectivity index (χ1) is 11.8. The highest BCUT2D eigenvalue weighted by Gasteiger charge is 1.88. The van der Waals surface area contributed by atoms with Crippen LogP contribution in [0.5, 0.6) is 0 Å². The molecule has 0 unspecified atom stereocenters. The van der Waals surface area contributed by atoms with Crippen molar-refractivity contribution in [1.29, 1.82) is 0 Å². The van der Waals surface area contributed by atoms with Gasteiger partial charge in [-0.2, -0.15) is 0 Å². The highest BCUT2D eigenvalue weighted by molar-refractivity contribution is 5.80. The lowest BCUT2D eigenvalue weighted by Crippen LogP contribution is -1.84. The summed E-state index contributed by atoms with van der Waals surface area (Å²) in [6, 6.07) is 0. The van der Waals surface area contributed by atoms with E-state index in [1.54, 1.807) is 12.2 Å². The molecule has 0 aromatic carbocycles. The summed E-state index contributed by atoms with van der Waals surface area (Å²) in [5.74, 6) is -0.936. The second-order valence-electron chi connectivity index (χ2n) is 5.58. The van der Waals surface area contributed by atoms with Gasteiger partial charge in [-0.05, 0) is 12.8 Å². The predicted octanol–water partition coefficient (Wildman–Crippen LogP) is 6.55. The van der Waals surface area contributed by atoms with E-state index in [2.05, 4.69) is 19.1 Å². The summed E-state index contributed by atoms with van der Waals surface area (Å²) in [5.41, 5.74) is 0. The summed E-state index contributed by atoms with van der Waals surface area (Å²) < 4.78 is 0. The third-order valence-corrected chi connectivity index (χ3v) is 3.35. The van der Waals surface area contributed by atoms with E-state index in [9.17, 15) is 4.79 Å². The molecule has 0 aliphatic heterocycles. The largest absolute Gasteiger partial charge is 0.478 e. The third-order valence-electron chi connectivity index (χ3n) is 3.35. The Bertz CT molecular complexity index is 462. The molecule has 0 aromatic rings. The molecule has 0 saturated heterocycles. The lowest BCUT2D eigenvalue weighted by Gasteiger charge is -1.98. The van der Waals surface area contributed by atoms with E-state index < -0.39 is 5.97 Å². The van der Waals surface area contributed by atoms with Crippen molar-refractivity contribution in [2.24, 2.45) is 0 Å². The fourth-order valence-electron chi connectivity index (χ4n) is 2.05. The van der Waals surface area contributed by atoms with E-state index in [4.69, 9.17) is 5.11 Å². The van der Waals surface area contributed by atoms with Crippen LogP contribution in [0.15, 0.2) is 72.9 Å². The molecule has 0 fully saturated rings. The van der Waals surface area contributed by atoms with Crippen molar-refractivity contribution < 1.29 is 9.90 Å². The Morgan fingerprint density at radius 1 is 0.667 bits per heavy atom. The van der Waals surface area contributed by atoms with E-state index >= 15 is 0 Å². The number of rotatable bonds is 14. The first kappa shape index (κ1) is 21.9. The van der Waals surface area contributed by atoms with Crippen LogP contribution in [0.3, 0.4) is 0 Å². The number of carboxylic acids is 1. The van der Waals surface area contributed by atoms with Crippen molar-refractivity contribution >= 4 is 5.97 Å². The van der Waals surface area contributed by atoms with Gasteiger partial charge in [-0.15, -0.1) is 0 Å². The third kappa shape index (κ3) is 19.9. The second-order valence-corrected chi connectivity index (χ2v) is 5.58. The van der Waals surface area contributed by atoms with E-state index in [0.717, 1.165) is 12.5 Å². The average Bonchev–Trinajstić information content (AvgIpc) is 2.56. The number of unbranched alkanes of at least 4 members (excludes halogenated alkanes) is 7. The summed E-state index contributed by atoms with van der Waals surface area (Å²) in [7, 11) is 0. The number of aliphatic carboxylic acids is 1. The van der Waals surface area contributed by atoms with E-state index in [-0.39, 0.29) is 0 Å². The highest BCUT2D eigenvalue weighted by atomic mass is 16.4. The predicted molar refractivity (Wildman–Crippen MR) is 105 cm³/mol. The molecule has 24 heavy (non-hydrogen) atoms. The van der Waals surface area contributed by atoms with Gasteiger partial charge in [-0.3, -0.25) is 0 Å². The summed E-state index contributed by atoms with van der Waals surface area (Å²) in [4.78, 5) is 10.2. The molecule has 0 amide bonds. The Hall–Kier alpha value is -2.09. The number of carbonyl (C=O) groups is 1.